The summed E-state index contributed by atoms with van der Waals surface area (Å²) < 4.78 is 2.21. The molecule has 4 heterocycles. The Balaban J connectivity index is 1.30. The molecule has 0 N–H and O–H groups in total. The highest BCUT2D eigenvalue weighted by atomic mass is 15.2. The Hall–Kier alpha value is -3.40. The smallest absolute Gasteiger partial charge is 0.137 e. The Morgan fingerprint density at radius 2 is 1.73 bits per heavy atom. The van der Waals surface area contributed by atoms with E-state index < -0.39 is 0 Å². The lowest BCUT2D eigenvalue weighted by atomic mass is 9.83. The first-order valence-corrected chi connectivity index (χ1v) is 12.2. The van der Waals surface area contributed by atoms with Gasteiger partial charge in [-0.05, 0) is 72.1 Å². The van der Waals surface area contributed by atoms with Crippen molar-refractivity contribution >= 4 is 17.0 Å². The fourth-order valence-electron chi connectivity index (χ4n) is 5.29. The van der Waals surface area contributed by atoms with Gasteiger partial charge in [0.15, 0.2) is 0 Å². The van der Waals surface area contributed by atoms with Crippen LogP contribution in [0, 0.1) is 5.92 Å². The number of benzene rings is 1. The topological polar surface area (TPSA) is 33.4 Å². The maximum absolute atomic E-state index is 4.78. The van der Waals surface area contributed by atoms with E-state index in [0.717, 1.165) is 53.7 Å². The quantitative estimate of drug-likeness (QED) is 0.366. The second-order valence-corrected chi connectivity index (χ2v) is 9.70. The van der Waals surface area contributed by atoms with Crippen LogP contribution in [0.25, 0.3) is 22.3 Å². The van der Waals surface area contributed by atoms with E-state index in [1.807, 2.05) is 12.4 Å². The van der Waals surface area contributed by atoms with Crippen LogP contribution in [0.15, 0.2) is 73.2 Å². The first-order valence-electron chi connectivity index (χ1n) is 12.2. The number of pyridine rings is 2. The van der Waals surface area contributed by atoms with Gasteiger partial charge in [-0.1, -0.05) is 44.2 Å². The molecule has 1 aromatic carbocycles. The standard InChI is InChI=1S/C29H30N4/c1-20-11-14-32(15-12-20)28-10-8-23(18-30-28)22-13-16-33-27(19-31-29(33)17-22)26-9-7-21(2)24-5-3-4-6-25(24)26/h3-6,8-10,13,16-21H,7,11-12,14-15H2,1-2H3. The van der Waals surface area contributed by atoms with Crippen molar-refractivity contribution in [2.24, 2.45) is 5.92 Å². The molecule has 0 amide bonds. The number of fused-ring (bicyclic) bond motifs is 2. The molecule has 1 aliphatic heterocycles. The highest BCUT2D eigenvalue weighted by Gasteiger charge is 2.21. The summed E-state index contributed by atoms with van der Waals surface area (Å²) in [5, 5.41) is 0. The van der Waals surface area contributed by atoms with Gasteiger partial charge in [-0.2, -0.15) is 0 Å². The van der Waals surface area contributed by atoms with Crippen molar-refractivity contribution in [1.82, 2.24) is 14.4 Å². The summed E-state index contributed by atoms with van der Waals surface area (Å²) in [5.41, 5.74) is 8.44. The van der Waals surface area contributed by atoms with Gasteiger partial charge in [-0.25, -0.2) is 9.97 Å². The number of anilines is 1. The molecule has 0 saturated carbocycles. The second-order valence-electron chi connectivity index (χ2n) is 9.70. The molecule has 3 aromatic heterocycles. The highest BCUT2D eigenvalue weighted by molar-refractivity contribution is 5.83. The van der Waals surface area contributed by atoms with Gasteiger partial charge < -0.3 is 4.90 Å². The molecule has 33 heavy (non-hydrogen) atoms. The SMILES string of the molecule is CC1CCN(c2ccc(-c3ccn4c(C5=CCC(C)c6ccccc65)cnc4c3)cn2)CC1. The van der Waals surface area contributed by atoms with E-state index in [-0.39, 0.29) is 0 Å². The van der Waals surface area contributed by atoms with Crippen LogP contribution in [-0.2, 0) is 0 Å². The molecule has 4 aromatic rings. The molecule has 4 nitrogen and oxygen atoms in total. The minimum Gasteiger partial charge on any atom is -0.357 e. The monoisotopic (exact) mass is 434 g/mol. The van der Waals surface area contributed by atoms with Gasteiger partial charge in [-0.3, -0.25) is 4.40 Å². The molecule has 6 rings (SSSR count). The molecule has 4 heteroatoms. The highest BCUT2D eigenvalue weighted by Crippen LogP contribution is 2.37. The van der Waals surface area contributed by atoms with Crippen LogP contribution in [0.3, 0.4) is 0 Å². The zero-order valence-corrected chi connectivity index (χ0v) is 19.4. The third kappa shape index (κ3) is 3.64. The first kappa shape index (κ1) is 20.2. The van der Waals surface area contributed by atoms with Crippen molar-refractivity contribution < 1.29 is 0 Å². The first-order chi connectivity index (χ1) is 16.2. The van der Waals surface area contributed by atoms with Crippen molar-refractivity contribution in [3.8, 4) is 11.1 Å². The van der Waals surface area contributed by atoms with Crippen molar-refractivity contribution in [2.75, 3.05) is 18.0 Å². The van der Waals surface area contributed by atoms with Crippen LogP contribution in [0.5, 0.6) is 0 Å². The van der Waals surface area contributed by atoms with Gasteiger partial charge >= 0.3 is 0 Å². The number of rotatable bonds is 3. The third-order valence-electron chi connectivity index (χ3n) is 7.44. The molecule has 2 aliphatic rings. The van der Waals surface area contributed by atoms with Crippen LogP contribution in [0.2, 0.25) is 0 Å². The summed E-state index contributed by atoms with van der Waals surface area (Å²) in [6.07, 6.45) is 12.1. The number of allylic oxidation sites excluding steroid dienone is 1. The summed E-state index contributed by atoms with van der Waals surface area (Å²) in [5.74, 6) is 2.47. The fourth-order valence-corrected chi connectivity index (χ4v) is 5.29. The van der Waals surface area contributed by atoms with Crippen LogP contribution >= 0.6 is 0 Å². The van der Waals surface area contributed by atoms with E-state index in [9.17, 15) is 0 Å². The molecule has 1 saturated heterocycles. The Morgan fingerprint density at radius 3 is 2.55 bits per heavy atom. The van der Waals surface area contributed by atoms with Crippen LogP contribution in [0.4, 0.5) is 5.82 Å². The molecule has 1 unspecified atom stereocenters. The van der Waals surface area contributed by atoms with Crippen molar-refractivity contribution in [1.29, 1.82) is 0 Å². The molecular weight excluding hydrogens is 404 g/mol. The van der Waals surface area contributed by atoms with Gasteiger partial charge in [0, 0.05) is 36.6 Å². The van der Waals surface area contributed by atoms with Crippen LogP contribution in [-0.4, -0.2) is 27.5 Å². The normalized spacial score (nSPS) is 18.9. The maximum atomic E-state index is 4.78. The Labute approximate surface area is 195 Å². The molecule has 1 fully saturated rings. The Kier molecular flexibility index (Phi) is 5.01. The minimum absolute atomic E-state index is 0.555. The van der Waals surface area contributed by atoms with Crippen LogP contribution < -0.4 is 4.90 Å². The van der Waals surface area contributed by atoms with E-state index in [1.165, 1.54) is 29.5 Å². The summed E-state index contributed by atoms with van der Waals surface area (Å²) in [7, 11) is 0. The minimum atomic E-state index is 0.555. The number of hydrogen-bond acceptors (Lipinski definition) is 3. The second kappa shape index (κ2) is 8.18. The van der Waals surface area contributed by atoms with E-state index in [0.29, 0.717) is 5.92 Å². The van der Waals surface area contributed by atoms with E-state index >= 15 is 0 Å². The van der Waals surface area contributed by atoms with Crippen molar-refractivity contribution in [2.45, 2.75) is 39.0 Å². The summed E-state index contributed by atoms with van der Waals surface area (Å²) in [4.78, 5) is 12.0. The van der Waals surface area contributed by atoms with E-state index in [1.54, 1.807) is 0 Å². The lowest BCUT2D eigenvalue weighted by Crippen LogP contribution is -2.33. The average Bonchev–Trinajstić information content (AvgIpc) is 3.28. The lowest BCUT2D eigenvalue weighted by Gasteiger charge is -2.31. The molecule has 1 aliphatic carbocycles. The number of piperidine rings is 1. The summed E-state index contributed by atoms with van der Waals surface area (Å²) >= 11 is 0. The Bertz CT molecular complexity index is 1320. The van der Waals surface area contributed by atoms with Gasteiger partial charge in [-0.15, -0.1) is 0 Å². The molecule has 0 bridgehead atoms. The molecule has 0 spiro atoms. The van der Waals surface area contributed by atoms with Gasteiger partial charge in [0.25, 0.3) is 0 Å². The summed E-state index contributed by atoms with van der Waals surface area (Å²) in [6.45, 7) is 6.86. The van der Waals surface area contributed by atoms with Crippen molar-refractivity contribution in [3.63, 3.8) is 0 Å². The molecule has 166 valence electrons. The molecule has 1 atom stereocenters. The average molecular weight is 435 g/mol. The van der Waals surface area contributed by atoms with Gasteiger partial charge in [0.05, 0.1) is 11.9 Å². The van der Waals surface area contributed by atoms with E-state index in [4.69, 9.17) is 9.97 Å². The largest absolute Gasteiger partial charge is 0.357 e. The number of aromatic nitrogens is 3. The zero-order chi connectivity index (χ0) is 22.4. The summed E-state index contributed by atoms with van der Waals surface area (Å²) in [6, 6.07) is 17.5. The van der Waals surface area contributed by atoms with Gasteiger partial charge in [0.1, 0.15) is 11.5 Å². The predicted molar refractivity (Wildman–Crippen MR) is 136 cm³/mol. The molecular formula is C29H30N4. The maximum Gasteiger partial charge on any atom is 0.137 e. The number of imidazole rings is 1. The van der Waals surface area contributed by atoms with Gasteiger partial charge in [0.2, 0.25) is 0 Å². The number of hydrogen-bond donors (Lipinski definition) is 0. The third-order valence-corrected chi connectivity index (χ3v) is 7.44. The van der Waals surface area contributed by atoms with Crippen LogP contribution in [0.1, 0.15) is 55.8 Å². The fraction of sp³-hybridized carbons (Fsp3) is 0.310. The predicted octanol–water partition coefficient (Wildman–Crippen LogP) is 6.57. The Morgan fingerprint density at radius 1 is 0.879 bits per heavy atom. The lowest BCUT2D eigenvalue weighted by molar-refractivity contribution is 0.436. The molecule has 0 radical (unpaired) electrons. The number of nitrogens with zero attached hydrogens (tertiary/aromatic N) is 4. The zero-order valence-electron chi connectivity index (χ0n) is 19.4. The van der Waals surface area contributed by atoms with Crippen molar-refractivity contribution in [3.05, 3.63) is 90.0 Å². The van der Waals surface area contributed by atoms with E-state index in [2.05, 4.69) is 84.0 Å².